The van der Waals surface area contributed by atoms with Gasteiger partial charge < -0.3 is 5.73 Å². The largest absolute Gasteiger partial charge is 0.355 e. The van der Waals surface area contributed by atoms with Gasteiger partial charge in [0.2, 0.25) is 0 Å². The molecule has 6 heteroatoms. The fourth-order valence-corrected chi connectivity index (χ4v) is 0. The lowest BCUT2D eigenvalue weighted by Crippen LogP contribution is -2.28. The molecular weight excluding hydrogens is 120 g/mol. The molecule has 0 aliphatic rings. The highest BCUT2D eigenvalue weighted by Gasteiger charge is 2.08. The molecule has 0 atom stereocenters. The minimum Gasteiger partial charge on any atom is -0.355 e. The lowest BCUT2D eigenvalue weighted by atomic mass is 11.5. The molecule has 4 N–H and O–H groups in total. The van der Waals surface area contributed by atoms with Gasteiger partial charge in [-0.1, -0.05) is 0 Å². The summed E-state index contributed by atoms with van der Waals surface area (Å²) in [6.45, 7) is 0. The Kier molecular flexibility index (Phi) is 1.34. The number of hydrogen-bond donors (Lipinski definition) is 2. The first kappa shape index (κ1) is 6.38. The first-order chi connectivity index (χ1) is 2.94. The average Bonchev–Trinajstić information content (AvgIpc) is 1.31. The Balaban J connectivity index is 4.43. The van der Waals surface area contributed by atoms with E-state index in [-0.39, 0.29) is 0 Å². The van der Waals surface area contributed by atoms with Crippen molar-refractivity contribution >= 4 is 15.3 Å². The summed E-state index contributed by atoms with van der Waals surface area (Å²) in [5, 5.41) is 2.67. The molecule has 0 aromatic rings. The second-order valence-electron chi connectivity index (χ2n) is 0.864. The van der Waals surface area contributed by atoms with Gasteiger partial charge in [0.25, 0.3) is 10.0 Å². The van der Waals surface area contributed by atoms with E-state index in [0.717, 1.165) is 0 Å². The lowest BCUT2D eigenvalue weighted by Gasteiger charge is -1.82. The van der Waals surface area contributed by atoms with Crippen LogP contribution in [-0.2, 0) is 10.0 Å². The summed E-state index contributed by atoms with van der Waals surface area (Å²) in [5.41, 5.74) is 4.22. The van der Waals surface area contributed by atoms with Crippen LogP contribution in [0.15, 0.2) is 0 Å². The molecular formula is CH4N2O3S. The van der Waals surface area contributed by atoms with Gasteiger partial charge in [0.05, 0.1) is 0 Å². The van der Waals surface area contributed by atoms with Crippen molar-refractivity contribution in [3.8, 4) is 0 Å². The molecule has 0 aromatic heterocycles. The van der Waals surface area contributed by atoms with Gasteiger partial charge >= 0.3 is 5.24 Å². The van der Waals surface area contributed by atoms with Gasteiger partial charge in [0.1, 0.15) is 0 Å². The number of carbonyl (C=O) groups excluding carboxylic acids is 1. The molecule has 0 aliphatic carbocycles. The van der Waals surface area contributed by atoms with Gasteiger partial charge in [-0.2, -0.15) is 0 Å². The maximum absolute atomic E-state index is 9.63. The van der Waals surface area contributed by atoms with Crippen molar-refractivity contribution in [3.63, 3.8) is 0 Å². The topological polar surface area (TPSA) is 103 Å². The van der Waals surface area contributed by atoms with Crippen molar-refractivity contribution in [2.24, 2.45) is 10.9 Å². The molecule has 5 nitrogen and oxygen atoms in total. The van der Waals surface area contributed by atoms with Crippen LogP contribution in [0.4, 0.5) is 4.79 Å². The Bertz CT molecular complexity index is 167. The third-order valence-electron chi connectivity index (χ3n) is 0.280. The molecule has 0 spiro atoms. The van der Waals surface area contributed by atoms with E-state index in [0.29, 0.717) is 0 Å². The van der Waals surface area contributed by atoms with Gasteiger partial charge in [-0.15, -0.1) is 0 Å². The van der Waals surface area contributed by atoms with Gasteiger partial charge in [-0.25, -0.2) is 13.6 Å². The fraction of sp³-hybridized carbons (Fsp3) is 0. The van der Waals surface area contributed by atoms with Crippen LogP contribution in [0.5, 0.6) is 0 Å². The lowest BCUT2D eigenvalue weighted by molar-refractivity contribution is 0.265. The van der Waals surface area contributed by atoms with Crippen LogP contribution in [0, 0.1) is 0 Å². The number of nitrogens with two attached hydrogens (primary N) is 2. The van der Waals surface area contributed by atoms with Crippen LogP contribution in [0.3, 0.4) is 0 Å². The zero-order valence-electron chi connectivity index (χ0n) is 3.29. The standard InChI is InChI=1S/CH4N2O3S/c2-1(4)7(3,5)6/h(H2,2,4)(H2,3,5,6). The van der Waals surface area contributed by atoms with Gasteiger partial charge in [-0.05, 0) is 0 Å². The molecule has 0 saturated heterocycles. The van der Waals surface area contributed by atoms with Crippen molar-refractivity contribution in [1.82, 2.24) is 0 Å². The molecule has 0 saturated carbocycles. The summed E-state index contributed by atoms with van der Waals surface area (Å²) < 4.78 is 19.3. The number of hydrogen-bond acceptors (Lipinski definition) is 3. The zero-order valence-corrected chi connectivity index (χ0v) is 4.10. The van der Waals surface area contributed by atoms with Crippen molar-refractivity contribution in [1.29, 1.82) is 0 Å². The number of carbonyl (C=O) groups is 1. The SMILES string of the molecule is NC(=O)S(N)(=O)=O. The summed E-state index contributed by atoms with van der Waals surface area (Å²) in [5.74, 6) is 0. The monoisotopic (exact) mass is 124 g/mol. The van der Waals surface area contributed by atoms with Crippen LogP contribution < -0.4 is 10.9 Å². The number of primary sulfonamides is 1. The number of rotatable bonds is 0. The Morgan fingerprint density at radius 2 is 1.57 bits per heavy atom. The number of sulfonamides is 1. The minimum absolute atomic E-state index is 1.51. The summed E-state index contributed by atoms with van der Waals surface area (Å²) in [7, 11) is -4.10. The van der Waals surface area contributed by atoms with Crippen LogP contribution in [0.2, 0.25) is 0 Å². The van der Waals surface area contributed by atoms with E-state index in [1.165, 1.54) is 0 Å². The van der Waals surface area contributed by atoms with E-state index in [1.54, 1.807) is 0 Å². The third kappa shape index (κ3) is 2.12. The molecule has 42 valence electrons. The highest BCUT2D eigenvalue weighted by molar-refractivity contribution is 8.04. The van der Waals surface area contributed by atoms with E-state index < -0.39 is 15.3 Å². The molecule has 0 aromatic carbocycles. The van der Waals surface area contributed by atoms with E-state index in [2.05, 4.69) is 10.9 Å². The van der Waals surface area contributed by atoms with E-state index >= 15 is 0 Å². The fourth-order valence-electron chi connectivity index (χ4n) is 0. The summed E-state index contributed by atoms with van der Waals surface area (Å²) in [6, 6.07) is 0. The first-order valence-electron chi connectivity index (χ1n) is 1.27. The van der Waals surface area contributed by atoms with Crippen molar-refractivity contribution in [3.05, 3.63) is 0 Å². The molecule has 0 bridgehead atoms. The predicted molar refractivity (Wildman–Crippen MR) is 22.7 cm³/mol. The van der Waals surface area contributed by atoms with Crippen LogP contribution >= 0.6 is 0 Å². The quantitative estimate of drug-likeness (QED) is 0.404. The maximum atomic E-state index is 9.63. The molecule has 7 heavy (non-hydrogen) atoms. The Labute approximate surface area is 40.3 Å². The van der Waals surface area contributed by atoms with E-state index in [4.69, 9.17) is 0 Å². The normalized spacial score (nSPS) is 11.0. The van der Waals surface area contributed by atoms with Crippen molar-refractivity contribution in [2.75, 3.05) is 0 Å². The van der Waals surface area contributed by atoms with Gasteiger partial charge in [-0.3, -0.25) is 4.79 Å². The first-order valence-corrected chi connectivity index (χ1v) is 2.81. The molecule has 0 fully saturated rings. The maximum Gasteiger partial charge on any atom is 0.348 e. The average molecular weight is 124 g/mol. The summed E-state index contributed by atoms with van der Waals surface area (Å²) in [6.07, 6.45) is 0. The van der Waals surface area contributed by atoms with Crippen molar-refractivity contribution in [2.45, 2.75) is 0 Å². The van der Waals surface area contributed by atoms with Crippen molar-refractivity contribution < 1.29 is 13.2 Å². The summed E-state index contributed by atoms with van der Waals surface area (Å²) >= 11 is 0. The second kappa shape index (κ2) is 1.47. The third-order valence-corrected chi connectivity index (χ3v) is 0.841. The highest BCUT2D eigenvalue weighted by atomic mass is 32.2. The molecule has 0 radical (unpaired) electrons. The summed E-state index contributed by atoms with van der Waals surface area (Å²) in [4.78, 5) is 9.53. The minimum atomic E-state index is -4.10. The van der Waals surface area contributed by atoms with Crippen LogP contribution in [0.1, 0.15) is 0 Å². The molecule has 0 aliphatic heterocycles. The van der Waals surface area contributed by atoms with Gasteiger partial charge in [0, 0.05) is 0 Å². The van der Waals surface area contributed by atoms with E-state index in [9.17, 15) is 13.2 Å². The van der Waals surface area contributed by atoms with Crippen LogP contribution in [-0.4, -0.2) is 13.7 Å². The number of primary amides is 1. The molecule has 0 unspecified atom stereocenters. The predicted octanol–water partition coefficient (Wildman–Crippen LogP) is -1.65. The number of amides is 1. The smallest absolute Gasteiger partial charge is 0.348 e. The molecule has 0 rings (SSSR count). The van der Waals surface area contributed by atoms with E-state index in [1.807, 2.05) is 0 Å². The zero-order chi connectivity index (χ0) is 6.08. The highest BCUT2D eigenvalue weighted by Crippen LogP contribution is 1.70. The molecule has 1 amide bonds. The van der Waals surface area contributed by atoms with Gasteiger partial charge in [0.15, 0.2) is 0 Å². The second-order valence-corrected chi connectivity index (χ2v) is 2.36. The Hall–Kier alpha value is -0.620. The Morgan fingerprint density at radius 3 is 1.57 bits per heavy atom. The molecule has 0 heterocycles. The van der Waals surface area contributed by atoms with Crippen LogP contribution in [0.25, 0.3) is 0 Å². The Morgan fingerprint density at radius 1 is 1.43 bits per heavy atom.